The van der Waals surface area contributed by atoms with Crippen LogP contribution in [-0.2, 0) is 27.9 Å². The van der Waals surface area contributed by atoms with Gasteiger partial charge in [-0.2, -0.15) is 0 Å². The topological polar surface area (TPSA) is 114 Å². The average molecular weight is 1160 g/mol. The average Bonchev–Trinajstić information content (AvgIpc) is 3.44. The summed E-state index contributed by atoms with van der Waals surface area (Å²) in [5, 5.41) is 3.02. The van der Waals surface area contributed by atoms with Gasteiger partial charge in [-0.25, -0.2) is 0 Å². The number of allylic oxidation sites excluding steroid dienone is 19. The number of nitrogens with zero attached hydrogens (tertiary/aromatic N) is 1. The van der Waals surface area contributed by atoms with Crippen LogP contribution in [-0.4, -0.2) is 69.4 Å². The normalized spacial score (nSPS) is 14.4. The number of likely N-dealkylation sites (N-methyl/N-ethyl adjacent to an activating group) is 1. The number of hydrogen-bond donors (Lipinski definition) is 1. The standard InChI is InChI=1S/C72H125N2O7P/c1-7-10-13-16-19-22-25-28-30-32-34-36-37-39-41-43-45-47-50-53-56-59-62-65-72(76)81-70(63-60-57-54-51-48-27-24-21-18-15-12-9-3)69(68-80-82(77,78)79-67-66-74(4,5)6)73-71(75)64-61-58-55-52-49-46-44-42-40-38-35-33-31-29-26-23-20-17-14-11-8-2/h10,13,19-20,22-23,28-31,34-36,38-39,41-42,44,60,63,69-70H,7-9,11-12,14-18,21,24-27,32-33,37,40,43,45-59,61-62,64-68H2,1-6H3,(H-,73,75,77,78)/b13-10-,22-19-,23-20-,30-28-,31-29-,36-34-,38-35-,41-39-,44-42-,63-60+. The van der Waals surface area contributed by atoms with Crippen LogP contribution < -0.4 is 10.2 Å². The van der Waals surface area contributed by atoms with Crippen LogP contribution in [0.2, 0.25) is 0 Å². The highest BCUT2D eigenvalue weighted by atomic mass is 31.2. The molecule has 0 aliphatic carbocycles. The second-order valence-electron chi connectivity index (χ2n) is 23.2. The second-order valence-corrected chi connectivity index (χ2v) is 24.6. The molecule has 0 aromatic carbocycles. The third-order valence-electron chi connectivity index (χ3n) is 14.1. The molecule has 0 saturated carbocycles. The lowest BCUT2D eigenvalue weighted by Crippen LogP contribution is -2.47. The Morgan fingerprint density at radius 1 is 0.439 bits per heavy atom. The highest BCUT2D eigenvalue weighted by Gasteiger charge is 2.27. The summed E-state index contributed by atoms with van der Waals surface area (Å²) >= 11 is 0. The number of esters is 1. The highest BCUT2D eigenvalue weighted by molar-refractivity contribution is 7.45. The third kappa shape index (κ3) is 61.0. The molecule has 0 bridgehead atoms. The lowest BCUT2D eigenvalue weighted by Gasteiger charge is -2.30. The van der Waals surface area contributed by atoms with E-state index >= 15 is 0 Å². The summed E-state index contributed by atoms with van der Waals surface area (Å²) in [5.41, 5.74) is 0. The van der Waals surface area contributed by atoms with Crippen LogP contribution in [0.4, 0.5) is 0 Å². The van der Waals surface area contributed by atoms with Crippen molar-refractivity contribution in [2.45, 2.75) is 283 Å². The van der Waals surface area contributed by atoms with Crippen molar-refractivity contribution in [1.82, 2.24) is 5.32 Å². The van der Waals surface area contributed by atoms with Crippen molar-refractivity contribution in [1.29, 1.82) is 0 Å². The summed E-state index contributed by atoms with van der Waals surface area (Å²) in [7, 11) is 1.15. The molecular weight excluding hydrogens is 1040 g/mol. The number of carbonyl (C=O) groups is 2. The van der Waals surface area contributed by atoms with Gasteiger partial charge < -0.3 is 28.5 Å². The van der Waals surface area contributed by atoms with E-state index in [1.54, 1.807) is 0 Å². The third-order valence-corrected chi connectivity index (χ3v) is 15.1. The smallest absolute Gasteiger partial charge is 0.306 e. The minimum atomic E-state index is -4.72. The molecule has 0 heterocycles. The van der Waals surface area contributed by atoms with E-state index in [1.807, 2.05) is 33.3 Å². The van der Waals surface area contributed by atoms with Crippen molar-refractivity contribution in [2.75, 3.05) is 40.9 Å². The highest BCUT2D eigenvalue weighted by Crippen LogP contribution is 2.38. The van der Waals surface area contributed by atoms with Crippen molar-refractivity contribution in [3.05, 3.63) is 122 Å². The predicted molar refractivity (Wildman–Crippen MR) is 353 cm³/mol. The van der Waals surface area contributed by atoms with E-state index in [0.29, 0.717) is 23.9 Å². The van der Waals surface area contributed by atoms with Gasteiger partial charge in [0.15, 0.2) is 0 Å². The largest absolute Gasteiger partial charge is 0.756 e. The fraction of sp³-hybridized carbons (Fsp3) is 0.694. The first-order valence-corrected chi connectivity index (χ1v) is 34.8. The molecule has 470 valence electrons. The van der Waals surface area contributed by atoms with Gasteiger partial charge in [-0.3, -0.25) is 14.2 Å². The van der Waals surface area contributed by atoms with E-state index in [2.05, 4.69) is 135 Å². The Balaban J connectivity index is 5.24. The number of nitrogens with one attached hydrogen (secondary N) is 1. The lowest BCUT2D eigenvalue weighted by molar-refractivity contribution is -0.870. The predicted octanol–water partition coefficient (Wildman–Crippen LogP) is 20.4. The number of phosphoric acid groups is 1. The second kappa shape index (κ2) is 60.5. The van der Waals surface area contributed by atoms with E-state index in [9.17, 15) is 19.0 Å². The summed E-state index contributed by atoms with van der Waals surface area (Å²) < 4.78 is 30.4. The summed E-state index contributed by atoms with van der Waals surface area (Å²) in [4.78, 5) is 40.1. The van der Waals surface area contributed by atoms with E-state index in [1.165, 1.54) is 96.3 Å². The molecule has 1 N–H and O–H groups in total. The van der Waals surface area contributed by atoms with Crippen molar-refractivity contribution in [2.24, 2.45) is 0 Å². The molecule has 0 aromatic heterocycles. The SMILES string of the molecule is CC/C=C\C/C=C\C/C=C\C/C=C\C/C=C\CCCCCCCCCC(=O)OC(/C=C/CCCCCCCCCCCC)C(COP(=O)([O-])OCC[N+](C)(C)C)NC(=O)CCCCCCC/C=C\C/C=C\C/C=C\C/C=C\CCCCC. The van der Waals surface area contributed by atoms with Crippen LogP contribution in [0, 0.1) is 0 Å². The molecule has 0 spiro atoms. The maximum Gasteiger partial charge on any atom is 0.306 e. The van der Waals surface area contributed by atoms with Crippen LogP contribution in [0.1, 0.15) is 271 Å². The van der Waals surface area contributed by atoms with E-state index in [-0.39, 0.29) is 31.3 Å². The Hall–Kier alpha value is -3.59. The number of phosphoric ester groups is 1. The quantitative estimate of drug-likeness (QED) is 0.0212. The first-order chi connectivity index (χ1) is 39.9. The van der Waals surface area contributed by atoms with Gasteiger partial charge in [0.2, 0.25) is 5.91 Å². The zero-order valence-corrected chi connectivity index (χ0v) is 54.5. The molecule has 0 aliphatic rings. The Kier molecular flexibility index (Phi) is 57.9. The maximum atomic E-state index is 13.6. The molecule has 0 rings (SSSR count). The number of amides is 1. The minimum Gasteiger partial charge on any atom is -0.756 e. The number of carbonyl (C=O) groups excluding carboxylic acids is 2. The number of ether oxygens (including phenoxy) is 1. The Morgan fingerprint density at radius 3 is 1.20 bits per heavy atom. The molecule has 0 saturated heterocycles. The monoisotopic (exact) mass is 1160 g/mol. The molecule has 3 unspecified atom stereocenters. The van der Waals surface area contributed by atoms with Gasteiger partial charge in [0.25, 0.3) is 7.82 Å². The lowest BCUT2D eigenvalue weighted by atomic mass is 10.0. The zero-order valence-electron chi connectivity index (χ0n) is 53.7. The molecule has 0 aromatic rings. The van der Waals surface area contributed by atoms with Crippen LogP contribution in [0.5, 0.6) is 0 Å². The van der Waals surface area contributed by atoms with Crippen molar-refractivity contribution < 1.29 is 37.3 Å². The van der Waals surface area contributed by atoms with Crippen LogP contribution >= 0.6 is 7.82 Å². The summed E-state index contributed by atoms with van der Waals surface area (Å²) in [6.07, 6.45) is 84.5. The number of unbranched alkanes of at least 4 members (excludes halogenated alkanes) is 25. The number of hydrogen-bond acceptors (Lipinski definition) is 7. The van der Waals surface area contributed by atoms with Crippen molar-refractivity contribution in [3.63, 3.8) is 0 Å². The Morgan fingerprint density at radius 2 is 0.780 bits per heavy atom. The molecule has 1 amide bonds. The van der Waals surface area contributed by atoms with E-state index in [4.69, 9.17) is 13.8 Å². The summed E-state index contributed by atoms with van der Waals surface area (Å²) in [5.74, 6) is -0.580. The van der Waals surface area contributed by atoms with Crippen molar-refractivity contribution >= 4 is 19.7 Å². The molecule has 9 nitrogen and oxygen atoms in total. The Bertz CT molecular complexity index is 1820. The Labute approximate surface area is 505 Å². The molecule has 0 fully saturated rings. The number of quaternary nitrogens is 1. The zero-order chi connectivity index (χ0) is 60.0. The first kappa shape index (κ1) is 78.4. The molecule has 10 heteroatoms. The molecule has 3 atom stereocenters. The maximum absolute atomic E-state index is 13.6. The van der Waals surface area contributed by atoms with Gasteiger partial charge in [-0.15, -0.1) is 0 Å². The van der Waals surface area contributed by atoms with E-state index < -0.39 is 26.6 Å². The first-order valence-electron chi connectivity index (χ1n) is 33.3. The molecule has 0 radical (unpaired) electrons. The van der Waals surface area contributed by atoms with Crippen LogP contribution in [0.25, 0.3) is 0 Å². The van der Waals surface area contributed by atoms with Crippen LogP contribution in [0.15, 0.2) is 122 Å². The fourth-order valence-corrected chi connectivity index (χ4v) is 9.73. The van der Waals surface area contributed by atoms with Gasteiger partial charge in [0.1, 0.15) is 19.3 Å². The van der Waals surface area contributed by atoms with Crippen molar-refractivity contribution in [3.8, 4) is 0 Å². The minimum absolute atomic E-state index is 0.0346. The summed E-state index contributed by atoms with van der Waals surface area (Å²) in [6, 6.07) is -0.912. The molecular formula is C72H125N2O7P. The van der Waals surface area contributed by atoms with Gasteiger partial charge in [0, 0.05) is 12.8 Å². The molecule has 0 aliphatic heterocycles. The number of rotatable bonds is 59. The van der Waals surface area contributed by atoms with Gasteiger partial charge in [0.05, 0.1) is 33.8 Å². The van der Waals surface area contributed by atoms with Gasteiger partial charge in [-0.05, 0) is 122 Å². The molecule has 82 heavy (non-hydrogen) atoms. The van der Waals surface area contributed by atoms with Gasteiger partial charge in [-0.1, -0.05) is 258 Å². The van der Waals surface area contributed by atoms with Gasteiger partial charge >= 0.3 is 5.97 Å². The van der Waals surface area contributed by atoms with E-state index in [0.717, 1.165) is 128 Å². The summed E-state index contributed by atoms with van der Waals surface area (Å²) in [6.45, 7) is 6.67. The van der Waals surface area contributed by atoms with Crippen LogP contribution in [0.3, 0.4) is 0 Å². The fourth-order valence-electron chi connectivity index (χ4n) is 9.00.